The Morgan fingerprint density at radius 3 is 0.926 bits per heavy atom. The molecule has 0 aliphatic rings. The fourth-order valence-electron chi connectivity index (χ4n) is 5.11. The number of hydrogen-bond acceptors (Lipinski definition) is 11. The lowest BCUT2D eigenvalue weighted by Crippen LogP contribution is -2.59. The van der Waals surface area contributed by atoms with E-state index in [2.05, 4.69) is 42.5 Å². The van der Waals surface area contributed by atoms with Crippen molar-refractivity contribution in [2.75, 3.05) is 53.7 Å². The Morgan fingerprint density at radius 1 is 0.389 bits per heavy atom. The Labute approximate surface area is 320 Å². The summed E-state index contributed by atoms with van der Waals surface area (Å²) in [5, 5.41) is 21.6. The number of rotatable bonds is 30. The number of ether oxygens (including phenoxy) is 3. The molecule has 0 radical (unpaired) electrons. The van der Waals surface area contributed by atoms with Gasteiger partial charge < -0.3 is 56.7 Å². The van der Waals surface area contributed by atoms with Gasteiger partial charge in [0.15, 0.2) is 0 Å². The van der Waals surface area contributed by atoms with E-state index < -0.39 is 77.7 Å². The second-order valence-corrected chi connectivity index (χ2v) is 12.6. The number of likely N-dealkylation sites (N-methyl/N-ethyl adjacent to an activating group) is 1. The molecule has 0 saturated heterocycles. The number of carbonyl (C=O) groups is 7. The Morgan fingerprint density at radius 2 is 0.648 bits per heavy atom. The molecule has 0 fully saturated rings. The first-order valence-electron chi connectivity index (χ1n) is 19.2. The SMILES string of the molecule is CC[C@H](NC)C(=O)N[C@@H](CC)C(=O)N[C@@H](CC)C(=O)N[C@@H](CC)C(=O)N[C@@H](CC)C(=O)N[C@@H](CC)C(=O)N[C@@H](CC)C(=O)NCCOCCOCCOC. The molecule has 0 bridgehead atoms. The summed E-state index contributed by atoms with van der Waals surface area (Å²) in [6, 6.07) is -6.18. The zero-order chi connectivity index (χ0) is 41.1. The minimum atomic E-state index is -1.03. The predicted octanol–water partition coefficient (Wildman–Crippen LogP) is -0.851. The molecule has 0 aromatic rings. The fraction of sp³-hybridized carbons (Fsp3) is 0.806. The maximum Gasteiger partial charge on any atom is 0.243 e. The highest BCUT2D eigenvalue weighted by Crippen LogP contribution is 2.04. The highest BCUT2D eigenvalue weighted by atomic mass is 16.5. The normalized spacial score (nSPS) is 14.9. The zero-order valence-corrected chi connectivity index (χ0v) is 33.8. The molecule has 0 unspecified atom stereocenters. The third-order valence-corrected chi connectivity index (χ3v) is 8.67. The smallest absolute Gasteiger partial charge is 0.243 e. The molecule has 0 aliphatic carbocycles. The van der Waals surface area contributed by atoms with E-state index in [0.717, 1.165) is 0 Å². The molecule has 0 spiro atoms. The van der Waals surface area contributed by atoms with Crippen LogP contribution in [0.5, 0.6) is 0 Å². The molecule has 0 aromatic carbocycles. The number of hydrogen-bond donors (Lipinski definition) is 8. The van der Waals surface area contributed by atoms with Crippen molar-refractivity contribution in [1.82, 2.24) is 42.5 Å². The van der Waals surface area contributed by atoms with Gasteiger partial charge in [-0.1, -0.05) is 48.5 Å². The molecule has 0 rings (SSSR count). The lowest BCUT2D eigenvalue weighted by molar-refractivity contribution is -0.135. The first-order valence-corrected chi connectivity index (χ1v) is 19.2. The minimum Gasteiger partial charge on any atom is -0.382 e. The lowest BCUT2D eigenvalue weighted by Gasteiger charge is -2.26. The largest absolute Gasteiger partial charge is 0.382 e. The molecular weight excluding hydrogens is 704 g/mol. The summed E-state index contributed by atoms with van der Waals surface area (Å²) in [5.41, 5.74) is 0. The van der Waals surface area contributed by atoms with Gasteiger partial charge in [0.25, 0.3) is 0 Å². The lowest BCUT2D eigenvalue weighted by atomic mass is 10.1. The predicted molar refractivity (Wildman–Crippen MR) is 203 cm³/mol. The summed E-state index contributed by atoms with van der Waals surface area (Å²) in [7, 11) is 3.24. The average molecular weight is 773 g/mol. The van der Waals surface area contributed by atoms with Crippen LogP contribution < -0.4 is 42.5 Å². The standard InChI is InChI=1S/C36H68N8O10/c1-10-23(37-8)31(46)40-25(12-3)33(48)42-27(14-5)35(50)44-29(16-7)36(51)43-28(15-6)34(49)41-26(13-4)32(47)39-24(11-2)30(45)38-17-18-53-21-22-54-20-19-52-9/h23-29,37H,10-22H2,1-9H3,(H,38,45)(H,39,47)(H,40,46)(H,41,49)(H,42,48)(H,43,51)(H,44,50)/t23-,24-,25-,26-,27-,28-,29-/m0/s1. The van der Waals surface area contributed by atoms with Gasteiger partial charge in [0.1, 0.15) is 36.3 Å². The molecule has 0 saturated carbocycles. The van der Waals surface area contributed by atoms with E-state index in [1.54, 1.807) is 55.7 Å². The molecule has 54 heavy (non-hydrogen) atoms. The van der Waals surface area contributed by atoms with Crippen LogP contribution in [0.15, 0.2) is 0 Å². The third-order valence-electron chi connectivity index (χ3n) is 8.67. The summed E-state index contributed by atoms with van der Waals surface area (Å²) in [5.74, 6) is -3.62. The van der Waals surface area contributed by atoms with Crippen LogP contribution in [0.3, 0.4) is 0 Å². The van der Waals surface area contributed by atoms with E-state index >= 15 is 0 Å². The summed E-state index contributed by atoms with van der Waals surface area (Å²) < 4.78 is 15.6. The summed E-state index contributed by atoms with van der Waals surface area (Å²) >= 11 is 0. The highest BCUT2D eigenvalue weighted by Gasteiger charge is 2.31. The van der Waals surface area contributed by atoms with E-state index in [-0.39, 0.29) is 44.7 Å². The maximum atomic E-state index is 13.3. The van der Waals surface area contributed by atoms with Gasteiger partial charge in [0.2, 0.25) is 41.4 Å². The second-order valence-electron chi connectivity index (χ2n) is 12.6. The zero-order valence-electron chi connectivity index (χ0n) is 33.8. The van der Waals surface area contributed by atoms with Gasteiger partial charge in [-0.3, -0.25) is 33.6 Å². The van der Waals surface area contributed by atoms with Gasteiger partial charge in [-0.2, -0.15) is 0 Å². The van der Waals surface area contributed by atoms with Gasteiger partial charge >= 0.3 is 0 Å². The molecule has 18 heteroatoms. The highest BCUT2D eigenvalue weighted by molar-refractivity contribution is 5.97. The summed E-state index contributed by atoms with van der Waals surface area (Å²) in [6.45, 7) is 14.3. The molecule has 0 aromatic heterocycles. The molecule has 7 amide bonds. The Hall–Kier alpha value is -3.87. The van der Waals surface area contributed by atoms with Gasteiger partial charge in [-0.15, -0.1) is 0 Å². The van der Waals surface area contributed by atoms with Crippen LogP contribution in [0.4, 0.5) is 0 Å². The van der Waals surface area contributed by atoms with Gasteiger partial charge in [-0.25, -0.2) is 0 Å². The molecule has 312 valence electrons. The second kappa shape index (κ2) is 29.5. The van der Waals surface area contributed by atoms with Crippen LogP contribution in [0.1, 0.15) is 93.4 Å². The first kappa shape index (κ1) is 50.1. The monoisotopic (exact) mass is 773 g/mol. The van der Waals surface area contributed by atoms with Gasteiger partial charge in [-0.05, 0) is 52.0 Å². The van der Waals surface area contributed by atoms with Crippen LogP contribution in [0.2, 0.25) is 0 Å². The van der Waals surface area contributed by atoms with Crippen molar-refractivity contribution < 1.29 is 47.8 Å². The van der Waals surface area contributed by atoms with Crippen molar-refractivity contribution in [3.63, 3.8) is 0 Å². The molecule has 0 heterocycles. The maximum absolute atomic E-state index is 13.3. The van der Waals surface area contributed by atoms with E-state index in [1.165, 1.54) is 0 Å². The molecule has 8 N–H and O–H groups in total. The van der Waals surface area contributed by atoms with Crippen LogP contribution in [-0.2, 0) is 47.8 Å². The number of carbonyl (C=O) groups excluding carboxylic acids is 7. The van der Waals surface area contributed by atoms with Crippen molar-refractivity contribution in [3.8, 4) is 0 Å². The van der Waals surface area contributed by atoms with Gasteiger partial charge in [0, 0.05) is 13.7 Å². The molecule has 7 atom stereocenters. The van der Waals surface area contributed by atoms with Crippen molar-refractivity contribution in [1.29, 1.82) is 0 Å². The van der Waals surface area contributed by atoms with Crippen LogP contribution in [-0.4, -0.2) is 137 Å². The Balaban J connectivity index is 5.20. The van der Waals surface area contributed by atoms with Crippen LogP contribution in [0, 0.1) is 0 Å². The molecule has 18 nitrogen and oxygen atoms in total. The number of methoxy groups -OCH3 is 1. The number of amides is 7. The van der Waals surface area contributed by atoms with Crippen LogP contribution >= 0.6 is 0 Å². The first-order chi connectivity index (χ1) is 25.8. The number of nitrogens with one attached hydrogen (secondary N) is 8. The quantitative estimate of drug-likeness (QED) is 0.0418. The van der Waals surface area contributed by atoms with E-state index in [9.17, 15) is 33.6 Å². The van der Waals surface area contributed by atoms with E-state index in [1.807, 2.05) is 6.92 Å². The van der Waals surface area contributed by atoms with Crippen molar-refractivity contribution >= 4 is 41.4 Å². The average Bonchev–Trinajstić information content (AvgIpc) is 3.17. The van der Waals surface area contributed by atoms with Gasteiger partial charge in [0.05, 0.1) is 39.1 Å². The fourth-order valence-corrected chi connectivity index (χ4v) is 5.11. The van der Waals surface area contributed by atoms with Crippen LogP contribution in [0.25, 0.3) is 0 Å². The van der Waals surface area contributed by atoms with E-state index in [0.29, 0.717) is 45.7 Å². The molecule has 0 aliphatic heterocycles. The van der Waals surface area contributed by atoms with Crippen molar-refractivity contribution in [3.05, 3.63) is 0 Å². The Bertz CT molecular complexity index is 1160. The third kappa shape index (κ3) is 18.9. The topological polar surface area (TPSA) is 243 Å². The van der Waals surface area contributed by atoms with Crippen molar-refractivity contribution in [2.24, 2.45) is 0 Å². The van der Waals surface area contributed by atoms with Crippen molar-refractivity contribution in [2.45, 2.75) is 136 Å². The molecular formula is C36H68N8O10. The minimum absolute atomic E-state index is 0.186. The summed E-state index contributed by atoms with van der Waals surface area (Å²) in [4.78, 5) is 91.0. The Kier molecular flexibility index (Phi) is 27.4. The summed E-state index contributed by atoms with van der Waals surface area (Å²) in [6.07, 6.45) is 1.94. The van der Waals surface area contributed by atoms with E-state index in [4.69, 9.17) is 14.2 Å².